The molecule has 1 heterocycles. The van der Waals surface area contributed by atoms with Gasteiger partial charge in [0.2, 0.25) is 10.0 Å². The maximum absolute atomic E-state index is 11.2. The average Bonchev–Trinajstić information content (AvgIpc) is 2.73. The molecule has 0 aliphatic heterocycles. The van der Waals surface area contributed by atoms with Crippen molar-refractivity contribution in [1.82, 2.24) is 9.78 Å². The summed E-state index contributed by atoms with van der Waals surface area (Å²) in [7, 11) is -3.95. The van der Waals surface area contributed by atoms with E-state index in [1.54, 1.807) is 19.2 Å². The zero-order chi connectivity index (χ0) is 14.2. The predicted molar refractivity (Wildman–Crippen MR) is 66.6 cm³/mol. The van der Waals surface area contributed by atoms with Crippen LogP contribution in [0, 0.1) is 6.92 Å². The molecule has 0 fully saturated rings. The van der Waals surface area contributed by atoms with E-state index in [0.29, 0.717) is 5.69 Å². The van der Waals surface area contributed by atoms with E-state index < -0.39 is 16.0 Å². The molecule has 2 aromatic rings. The smallest absolute Gasteiger partial charge is 0.337 e. The monoisotopic (exact) mass is 281 g/mol. The minimum atomic E-state index is -3.95. The first-order valence-electron chi connectivity index (χ1n) is 5.22. The Hall–Kier alpha value is -2.19. The van der Waals surface area contributed by atoms with E-state index in [1.807, 2.05) is 0 Å². The number of hydrogen-bond acceptors (Lipinski definition) is 4. The molecule has 0 aliphatic carbocycles. The van der Waals surface area contributed by atoms with E-state index in [9.17, 15) is 13.2 Å². The molecule has 3 N–H and O–H groups in total. The van der Waals surface area contributed by atoms with Gasteiger partial charge in [-0.05, 0) is 31.2 Å². The number of nitrogens with two attached hydrogens (primary N) is 1. The van der Waals surface area contributed by atoms with Crippen molar-refractivity contribution in [1.29, 1.82) is 0 Å². The predicted octanol–water partition coefficient (Wildman–Crippen LogP) is 0.526. The van der Waals surface area contributed by atoms with Crippen LogP contribution in [-0.2, 0) is 10.0 Å². The average molecular weight is 281 g/mol. The van der Waals surface area contributed by atoms with Gasteiger partial charge in [0.05, 0.1) is 21.8 Å². The third-order valence-corrected chi connectivity index (χ3v) is 3.41. The quantitative estimate of drug-likeness (QED) is 0.851. The van der Waals surface area contributed by atoms with Crippen molar-refractivity contribution in [2.45, 2.75) is 11.8 Å². The number of carboxylic acid groups (broad SMARTS) is 1. The van der Waals surface area contributed by atoms with E-state index >= 15 is 0 Å². The fraction of sp³-hybridized carbons (Fsp3) is 0.0909. The summed E-state index contributed by atoms with van der Waals surface area (Å²) in [5.74, 6) is -1.26. The lowest BCUT2D eigenvalue weighted by atomic mass is 10.2. The first kappa shape index (κ1) is 13.2. The summed E-state index contributed by atoms with van der Waals surface area (Å²) >= 11 is 0. The zero-order valence-electron chi connectivity index (χ0n) is 9.94. The normalized spacial score (nSPS) is 11.5. The molecule has 0 bridgehead atoms. The molecule has 1 aromatic carbocycles. The van der Waals surface area contributed by atoms with Crippen LogP contribution in [0.15, 0.2) is 35.4 Å². The molecular formula is C11H11N3O4S. The molecule has 8 heteroatoms. The van der Waals surface area contributed by atoms with Crippen molar-refractivity contribution in [2.24, 2.45) is 5.14 Å². The molecule has 0 saturated carbocycles. The second-order valence-corrected chi connectivity index (χ2v) is 5.49. The number of rotatable bonds is 3. The van der Waals surface area contributed by atoms with E-state index in [0.717, 1.165) is 6.07 Å². The largest absolute Gasteiger partial charge is 0.478 e. The van der Waals surface area contributed by atoms with Crippen LogP contribution in [0.5, 0.6) is 0 Å². The Labute approximate surface area is 109 Å². The summed E-state index contributed by atoms with van der Waals surface area (Å²) in [4.78, 5) is 11.0. The molecule has 0 aliphatic rings. The molecule has 0 atom stereocenters. The highest BCUT2D eigenvalue weighted by atomic mass is 32.2. The maximum atomic E-state index is 11.2. The molecular weight excluding hydrogens is 270 g/mol. The van der Waals surface area contributed by atoms with Gasteiger partial charge < -0.3 is 5.11 Å². The Bertz CT molecular complexity index is 749. The Morgan fingerprint density at radius 2 is 2.05 bits per heavy atom. The lowest BCUT2D eigenvalue weighted by Crippen LogP contribution is -2.14. The van der Waals surface area contributed by atoms with Crippen molar-refractivity contribution in [3.05, 3.63) is 41.7 Å². The van der Waals surface area contributed by atoms with Crippen LogP contribution in [0.1, 0.15) is 16.1 Å². The topological polar surface area (TPSA) is 115 Å². The fourth-order valence-corrected chi connectivity index (χ4v) is 2.15. The van der Waals surface area contributed by atoms with Gasteiger partial charge in [-0.2, -0.15) is 5.10 Å². The molecule has 0 saturated heterocycles. The van der Waals surface area contributed by atoms with Gasteiger partial charge in [0.1, 0.15) is 0 Å². The molecule has 2 rings (SSSR count). The van der Waals surface area contributed by atoms with Crippen molar-refractivity contribution in [2.75, 3.05) is 0 Å². The highest BCUT2D eigenvalue weighted by Crippen LogP contribution is 2.19. The summed E-state index contributed by atoms with van der Waals surface area (Å²) in [5.41, 5.74) is 0.800. The summed E-state index contributed by atoms with van der Waals surface area (Å²) in [6.45, 7) is 1.76. The summed E-state index contributed by atoms with van der Waals surface area (Å²) in [5, 5.41) is 18.2. The maximum Gasteiger partial charge on any atom is 0.337 e. The van der Waals surface area contributed by atoms with Gasteiger partial charge in [-0.1, -0.05) is 0 Å². The lowest BCUT2D eigenvalue weighted by Gasteiger charge is -2.08. The number of primary sulfonamides is 1. The Kier molecular flexibility index (Phi) is 3.13. The molecule has 7 nitrogen and oxygen atoms in total. The molecule has 0 unspecified atom stereocenters. The summed E-state index contributed by atoms with van der Waals surface area (Å²) in [6, 6.07) is 5.33. The van der Waals surface area contributed by atoms with Crippen LogP contribution in [0.3, 0.4) is 0 Å². The van der Waals surface area contributed by atoms with Gasteiger partial charge in [-0.15, -0.1) is 0 Å². The van der Waals surface area contributed by atoms with E-state index in [4.69, 9.17) is 10.2 Å². The van der Waals surface area contributed by atoms with Crippen molar-refractivity contribution in [3.8, 4) is 5.69 Å². The molecule has 0 spiro atoms. The number of aromatic nitrogens is 2. The standard InChI is InChI=1S/C11H11N3O4S/c1-7-4-5-14(13-7)10-3-2-8(19(12,17)18)6-9(10)11(15)16/h2-6H,1H3,(H,15,16)(H2,12,17,18). The SMILES string of the molecule is Cc1ccn(-c2ccc(S(N)(=O)=O)cc2C(=O)O)n1. The minimum Gasteiger partial charge on any atom is -0.478 e. The molecule has 0 amide bonds. The molecule has 100 valence electrons. The van der Waals surface area contributed by atoms with Gasteiger partial charge in [0.25, 0.3) is 0 Å². The lowest BCUT2D eigenvalue weighted by molar-refractivity contribution is 0.0696. The van der Waals surface area contributed by atoms with Crippen LogP contribution in [0.25, 0.3) is 5.69 Å². The Morgan fingerprint density at radius 1 is 1.37 bits per heavy atom. The van der Waals surface area contributed by atoms with Crippen molar-refractivity contribution >= 4 is 16.0 Å². The van der Waals surface area contributed by atoms with Gasteiger partial charge in [-0.3, -0.25) is 0 Å². The van der Waals surface area contributed by atoms with E-state index in [2.05, 4.69) is 5.10 Å². The number of sulfonamides is 1. The van der Waals surface area contributed by atoms with Crippen LogP contribution in [0.2, 0.25) is 0 Å². The van der Waals surface area contributed by atoms with Crippen LogP contribution >= 0.6 is 0 Å². The number of hydrogen-bond donors (Lipinski definition) is 2. The number of aryl methyl sites for hydroxylation is 1. The van der Waals surface area contributed by atoms with Crippen molar-refractivity contribution in [3.63, 3.8) is 0 Å². The number of carboxylic acids is 1. The van der Waals surface area contributed by atoms with Crippen LogP contribution in [0.4, 0.5) is 0 Å². The number of aromatic carboxylic acids is 1. The van der Waals surface area contributed by atoms with Crippen LogP contribution in [-0.4, -0.2) is 29.3 Å². The second kappa shape index (κ2) is 4.48. The van der Waals surface area contributed by atoms with Gasteiger partial charge in [0, 0.05) is 6.20 Å². The second-order valence-electron chi connectivity index (χ2n) is 3.93. The molecule has 1 aromatic heterocycles. The number of nitrogens with zero attached hydrogens (tertiary/aromatic N) is 2. The van der Waals surface area contributed by atoms with Crippen molar-refractivity contribution < 1.29 is 18.3 Å². The first-order chi connectivity index (χ1) is 8.79. The van der Waals surface area contributed by atoms with Gasteiger partial charge in [-0.25, -0.2) is 23.0 Å². The zero-order valence-corrected chi connectivity index (χ0v) is 10.8. The Morgan fingerprint density at radius 3 is 2.53 bits per heavy atom. The van der Waals surface area contributed by atoms with E-state index in [-0.39, 0.29) is 16.1 Å². The molecule has 0 radical (unpaired) electrons. The third kappa shape index (κ3) is 2.64. The number of carbonyl (C=O) groups is 1. The van der Waals surface area contributed by atoms with E-state index in [1.165, 1.54) is 16.8 Å². The Balaban J connectivity index is 2.66. The minimum absolute atomic E-state index is 0.186. The van der Waals surface area contributed by atoms with Gasteiger partial charge >= 0.3 is 5.97 Å². The van der Waals surface area contributed by atoms with Gasteiger partial charge in [0.15, 0.2) is 0 Å². The summed E-state index contributed by atoms with van der Waals surface area (Å²) < 4.78 is 23.8. The number of benzene rings is 1. The molecule has 19 heavy (non-hydrogen) atoms. The third-order valence-electron chi connectivity index (χ3n) is 2.50. The highest BCUT2D eigenvalue weighted by molar-refractivity contribution is 7.89. The van der Waals surface area contributed by atoms with Crippen LogP contribution < -0.4 is 5.14 Å². The fourth-order valence-electron chi connectivity index (χ4n) is 1.61. The highest BCUT2D eigenvalue weighted by Gasteiger charge is 2.17. The first-order valence-corrected chi connectivity index (χ1v) is 6.76. The summed E-state index contributed by atoms with van der Waals surface area (Å²) in [6.07, 6.45) is 1.59.